The summed E-state index contributed by atoms with van der Waals surface area (Å²) >= 11 is 5.88. The Labute approximate surface area is 120 Å². The molecule has 1 fully saturated rings. The summed E-state index contributed by atoms with van der Waals surface area (Å²) in [6.45, 7) is 4.49. The summed E-state index contributed by atoms with van der Waals surface area (Å²) in [4.78, 5) is 0. The number of aliphatic hydroxyl groups is 1. The smallest absolute Gasteiger partial charge is 0.0631 e. The molecule has 1 aliphatic rings. The Hall–Kier alpha value is -0.570. The normalized spacial score (nSPS) is 23.5. The first-order valence-electron chi connectivity index (χ1n) is 7.01. The van der Waals surface area contributed by atoms with Crippen LogP contribution in [0.3, 0.4) is 0 Å². The third kappa shape index (κ3) is 4.48. The first-order valence-corrected chi connectivity index (χ1v) is 7.39. The van der Waals surface area contributed by atoms with Crippen LogP contribution in [0.15, 0.2) is 24.3 Å². The van der Waals surface area contributed by atoms with Crippen LogP contribution in [-0.2, 0) is 11.2 Å². The largest absolute Gasteiger partial charge is 0.396 e. The van der Waals surface area contributed by atoms with Gasteiger partial charge in [0.05, 0.1) is 11.7 Å². The van der Waals surface area contributed by atoms with Crippen LogP contribution in [0.4, 0.5) is 0 Å². The molecular formula is C16H23ClO2. The molecule has 106 valence electrons. The van der Waals surface area contributed by atoms with Crippen LogP contribution >= 0.6 is 11.6 Å². The number of ether oxygens (including phenoxy) is 1. The zero-order chi connectivity index (χ0) is 13.9. The summed E-state index contributed by atoms with van der Waals surface area (Å²) in [5, 5.41) is 10.3. The Morgan fingerprint density at radius 1 is 1.37 bits per heavy atom. The molecule has 0 radical (unpaired) electrons. The molecule has 1 saturated heterocycles. The molecule has 1 aromatic rings. The van der Waals surface area contributed by atoms with Gasteiger partial charge in [-0.2, -0.15) is 0 Å². The molecule has 0 bridgehead atoms. The van der Waals surface area contributed by atoms with Crippen LogP contribution in [0.1, 0.15) is 38.7 Å². The van der Waals surface area contributed by atoms with Crippen LogP contribution in [0, 0.1) is 5.92 Å². The van der Waals surface area contributed by atoms with Crippen molar-refractivity contribution in [3.05, 3.63) is 34.9 Å². The lowest BCUT2D eigenvalue weighted by Gasteiger charge is -2.22. The lowest BCUT2D eigenvalue weighted by Crippen LogP contribution is -2.23. The van der Waals surface area contributed by atoms with Gasteiger partial charge in [0.15, 0.2) is 0 Å². The Balaban J connectivity index is 1.88. The average molecular weight is 283 g/mol. The number of benzene rings is 1. The zero-order valence-electron chi connectivity index (χ0n) is 11.7. The molecule has 2 unspecified atom stereocenters. The third-order valence-electron chi connectivity index (χ3n) is 3.85. The van der Waals surface area contributed by atoms with Gasteiger partial charge in [-0.1, -0.05) is 23.7 Å². The highest BCUT2D eigenvalue weighted by molar-refractivity contribution is 6.30. The molecule has 1 heterocycles. The van der Waals surface area contributed by atoms with E-state index in [-0.39, 0.29) is 18.1 Å². The molecule has 1 N–H and O–H groups in total. The van der Waals surface area contributed by atoms with E-state index in [1.165, 1.54) is 5.56 Å². The molecule has 0 aromatic heterocycles. The van der Waals surface area contributed by atoms with E-state index >= 15 is 0 Å². The summed E-state index contributed by atoms with van der Waals surface area (Å²) in [7, 11) is 0. The van der Waals surface area contributed by atoms with Gasteiger partial charge in [-0.25, -0.2) is 0 Å². The Morgan fingerprint density at radius 3 is 2.58 bits per heavy atom. The molecule has 0 saturated carbocycles. The molecule has 0 aliphatic carbocycles. The van der Waals surface area contributed by atoms with E-state index < -0.39 is 0 Å². The lowest BCUT2D eigenvalue weighted by molar-refractivity contribution is -0.0276. The summed E-state index contributed by atoms with van der Waals surface area (Å²) < 4.78 is 6.01. The van der Waals surface area contributed by atoms with Gasteiger partial charge in [-0.05, 0) is 63.1 Å². The Bertz CT molecular complexity index is 400. The number of aliphatic hydroxyl groups excluding tert-OH is 1. The number of rotatable bonds is 5. The summed E-state index contributed by atoms with van der Waals surface area (Å²) in [5.41, 5.74) is 1.23. The maximum atomic E-state index is 9.55. The highest BCUT2D eigenvalue weighted by atomic mass is 35.5. The molecule has 0 amide bonds. The van der Waals surface area contributed by atoms with Gasteiger partial charge >= 0.3 is 0 Å². The molecular weight excluding hydrogens is 260 g/mol. The van der Waals surface area contributed by atoms with Gasteiger partial charge in [0.2, 0.25) is 0 Å². The number of hydrogen-bond donors (Lipinski definition) is 1. The molecule has 2 rings (SSSR count). The van der Waals surface area contributed by atoms with Crippen molar-refractivity contribution < 1.29 is 9.84 Å². The van der Waals surface area contributed by atoms with Crippen molar-refractivity contribution in [3.8, 4) is 0 Å². The fraction of sp³-hybridized carbons (Fsp3) is 0.625. The van der Waals surface area contributed by atoms with E-state index in [0.29, 0.717) is 6.10 Å². The predicted molar refractivity (Wildman–Crippen MR) is 78.5 cm³/mol. The van der Waals surface area contributed by atoms with Gasteiger partial charge in [-0.15, -0.1) is 0 Å². The molecule has 3 heteroatoms. The Morgan fingerprint density at radius 2 is 2.05 bits per heavy atom. The molecule has 0 spiro atoms. The van der Waals surface area contributed by atoms with E-state index in [0.717, 1.165) is 30.7 Å². The molecule has 1 aliphatic heterocycles. The van der Waals surface area contributed by atoms with E-state index in [4.69, 9.17) is 16.3 Å². The van der Waals surface area contributed by atoms with Gasteiger partial charge in [0, 0.05) is 11.6 Å². The SMILES string of the molecule is CC1(C)CCC(CC(CO)Cc2ccc(Cl)cc2)O1. The van der Waals surface area contributed by atoms with Crippen LogP contribution in [0.5, 0.6) is 0 Å². The first kappa shape index (κ1) is 14.8. The topological polar surface area (TPSA) is 29.5 Å². The van der Waals surface area contributed by atoms with Crippen molar-refractivity contribution in [2.45, 2.75) is 51.2 Å². The average Bonchev–Trinajstić information content (AvgIpc) is 2.70. The highest BCUT2D eigenvalue weighted by Crippen LogP contribution is 2.33. The minimum Gasteiger partial charge on any atom is -0.396 e. The molecule has 2 atom stereocenters. The fourth-order valence-electron chi connectivity index (χ4n) is 2.79. The van der Waals surface area contributed by atoms with Crippen molar-refractivity contribution in [1.29, 1.82) is 0 Å². The van der Waals surface area contributed by atoms with Crippen LogP contribution in [-0.4, -0.2) is 23.4 Å². The van der Waals surface area contributed by atoms with Crippen LogP contribution in [0.2, 0.25) is 5.02 Å². The monoisotopic (exact) mass is 282 g/mol. The second-order valence-corrected chi connectivity index (χ2v) is 6.59. The van der Waals surface area contributed by atoms with Crippen LogP contribution in [0.25, 0.3) is 0 Å². The van der Waals surface area contributed by atoms with E-state index in [1.54, 1.807) is 0 Å². The van der Waals surface area contributed by atoms with Crippen molar-refractivity contribution >= 4 is 11.6 Å². The predicted octanol–water partition coefficient (Wildman–Crippen LogP) is 3.84. The molecule has 19 heavy (non-hydrogen) atoms. The second-order valence-electron chi connectivity index (χ2n) is 6.15. The summed E-state index contributed by atoms with van der Waals surface area (Å²) in [5.74, 6) is 0.264. The standard InChI is InChI=1S/C16H23ClO2/c1-16(2)8-7-15(19-16)10-13(11-18)9-12-3-5-14(17)6-4-12/h3-6,13,15,18H,7-11H2,1-2H3. The maximum absolute atomic E-state index is 9.55. The minimum atomic E-state index is 0.00491. The summed E-state index contributed by atoms with van der Waals surface area (Å²) in [6, 6.07) is 7.87. The van der Waals surface area contributed by atoms with Gasteiger partial charge in [-0.3, -0.25) is 0 Å². The van der Waals surface area contributed by atoms with Gasteiger partial charge in [0.25, 0.3) is 0 Å². The summed E-state index contributed by atoms with van der Waals surface area (Å²) in [6.07, 6.45) is 4.32. The Kier molecular flexibility index (Phi) is 4.88. The van der Waals surface area contributed by atoms with Crippen molar-refractivity contribution in [3.63, 3.8) is 0 Å². The maximum Gasteiger partial charge on any atom is 0.0631 e. The number of halogens is 1. The molecule has 2 nitrogen and oxygen atoms in total. The van der Waals surface area contributed by atoms with Crippen LogP contribution < -0.4 is 0 Å². The second kappa shape index (κ2) is 6.25. The van der Waals surface area contributed by atoms with Crippen molar-refractivity contribution in [1.82, 2.24) is 0 Å². The third-order valence-corrected chi connectivity index (χ3v) is 4.10. The minimum absolute atomic E-state index is 0.00491. The quantitative estimate of drug-likeness (QED) is 0.889. The van der Waals surface area contributed by atoms with E-state index in [9.17, 15) is 5.11 Å². The number of hydrogen-bond acceptors (Lipinski definition) is 2. The highest BCUT2D eigenvalue weighted by Gasteiger charge is 2.32. The zero-order valence-corrected chi connectivity index (χ0v) is 12.5. The van der Waals surface area contributed by atoms with Gasteiger partial charge < -0.3 is 9.84 Å². The van der Waals surface area contributed by atoms with Gasteiger partial charge in [0.1, 0.15) is 0 Å². The van der Waals surface area contributed by atoms with Crippen molar-refractivity contribution in [2.24, 2.45) is 5.92 Å². The first-order chi connectivity index (χ1) is 8.98. The molecule has 1 aromatic carbocycles. The van der Waals surface area contributed by atoms with E-state index in [1.807, 2.05) is 24.3 Å². The lowest BCUT2D eigenvalue weighted by atomic mass is 9.93. The fourth-order valence-corrected chi connectivity index (χ4v) is 2.92. The van der Waals surface area contributed by atoms with Crippen molar-refractivity contribution in [2.75, 3.05) is 6.61 Å². The van der Waals surface area contributed by atoms with E-state index in [2.05, 4.69) is 13.8 Å².